The van der Waals surface area contributed by atoms with Crippen LogP contribution in [0.25, 0.3) is 0 Å². The van der Waals surface area contributed by atoms with Crippen LogP contribution in [0, 0.1) is 12.7 Å². The van der Waals surface area contributed by atoms with Gasteiger partial charge >= 0.3 is 0 Å². The van der Waals surface area contributed by atoms with Gasteiger partial charge in [-0.3, -0.25) is 4.72 Å². The molecule has 2 aromatic carbocycles. The van der Waals surface area contributed by atoms with Gasteiger partial charge in [-0.15, -0.1) is 0 Å². The van der Waals surface area contributed by atoms with Gasteiger partial charge in [0.15, 0.2) is 0 Å². The number of hydrogen-bond donors (Lipinski definition) is 2. The van der Waals surface area contributed by atoms with Gasteiger partial charge in [0.05, 0.1) is 10.6 Å². The first-order chi connectivity index (χ1) is 9.28. The third kappa shape index (κ3) is 3.20. The molecule has 0 heterocycles. The van der Waals surface area contributed by atoms with Gasteiger partial charge in [0, 0.05) is 10.7 Å². The minimum absolute atomic E-state index is 0.0345. The molecule has 0 bridgehead atoms. The second kappa shape index (κ2) is 5.30. The number of nitrogen functional groups attached to an aromatic ring is 1. The Morgan fingerprint density at radius 3 is 2.50 bits per heavy atom. The minimum atomic E-state index is -3.92. The van der Waals surface area contributed by atoms with Gasteiger partial charge in [-0.25, -0.2) is 12.8 Å². The molecule has 4 nitrogen and oxygen atoms in total. The van der Waals surface area contributed by atoms with Crippen LogP contribution in [-0.2, 0) is 10.0 Å². The van der Waals surface area contributed by atoms with Crippen molar-refractivity contribution in [3.05, 3.63) is 52.8 Å². The molecule has 0 aliphatic carbocycles. The number of hydrogen-bond acceptors (Lipinski definition) is 3. The molecule has 0 aliphatic rings. The lowest BCUT2D eigenvalue weighted by molar-refractivity contribution is 0.595. The van der Waals surface area contributed by atoms with Gasteiger partial charge in [-0.2, -0.15) is 0 Å². The van der Waals surface area contributed by atoms with E-state index in [-0.39, 0.29) is 10.6 Å². The maximum absolute atomic E-state index is 13.2. The number of nitrogens with two attached hydrogens (primary N) is 1. The molecule has 0 radical (unpaired) electrons. The molecular weight excluding hydrogens is 303 g/mol. The highest BCUT2D eigenvalue weighted by Gasteiger charge is 2.16. The lowest BCUT2D eigenvalue weighted by Gasteiger charge is -2.10. The summed E-state index contributed by atoms with van der Waals surface area (Å²) in [5.74, 6) is -0.715. The largest absolute Gasteiger partial charge is 0.399 e. The lowest BCUT2D eigenvalue weighted by atomic mass is 10.2. The van der Waals surface area contributed by atoms with Gasteiger partial charge in [0.1, 0.15) is 5.82 Å². The Labute approximate surface area is 121 Å². The van der Waals surface area contributed by atoms with Crippen LogP contribution in [0.1, 0.15) is 5.56 Å². The van der Waals surface area contributed by atoms with E-state index in [9.17, 15) is 12.8 Å². The summed E-state index contributed by atoms with van der Waals surface area (Å²) in [5, 5.41) is 0.434. The standard InChI is InChI=1S/C13H12ClFN2O2S/c1-8-2-3-11(7-13(8)14)17-20(18,19)12-5-9(15)4-10(16)6-12/h2-7,17H,16H2,1H3. The predicted molar refractivity (Wildman–Crippen MR) is 77.8 cm³/mol. The van der Waals surface area contributed by atoms with E-state index in [1.165, 1.54) is 12.1 Å². The van der Waals surface area contributed by atoms with Crippen LogP contribution in [-0.4, -0.2) is 8.42 Å². The van der Waals surface area contributed by atoms with Crippen LogP contribution < -0.4 is 10.5 Å². The number of anilines is 2. The van der Waals surface area contributed by atoms with Gasteiger partial charge in [-0.1, -0.05) is 17.7 Å². The fourth-order valence-corrected chi connectivity index (χ4v) is 2.90. The molecule has 3 N–H and O–H groups in total. The Morgan fingerprint density at radius 2 is 1.90 bits per heavy atom. The number of halogens is 2. The minimum Gasteiger partial charge on any atom is -0.399 e. The molecule has 0 atom stereocenters. The van der Waals surface area contributed by atoms with E-state index in [4.69, 9.17) is 17.3 Å². The zero-order chi connectivity index (χ0) is 14.9. The maximum Gasteiger partial charge on any atom is 0.262 e. The molecule has 0 unspecified atom stereocenters. The van der Waals surface area contributed by atoms with E-state index >= 15 is 0 Å². The summed E-state index contributed by atoms with van der Waals surface area (Å²) in [6, 6.07) is 7.86. The van der Waals surface area contributed by atoms with E-state index in [0.29, 0.717) is 10.7 Å². The van der Waals surface area contributed by atoms with Crippen molar-refractivity contribution >= 4 is 33.0 Å². The van der Waals surface area contributed by atoms with Crippen molar-refractivity contribution in [2.45, 2.75) is 11.8 Å². The average Bonchev–Trinajstić information content (AvgIpc) is 2.32. The highest BCUT2D eigenvalue weighted by Crippen LogP contribution is 2.23. The number of rotatable bonds is 3. The third-order valence-electron chi connectivity index (χ3n) is 2.63. The predicted octanol–water partition coefficient (Wildman–Crippen LogP) is 3.17. The summed E-state index contributed by atoms with van der Waals surface area (Å²) < 4.78 is 39.8. The molecular formula is C13H12ClFN2O2S. The van der Waals surface area contributed by atoms with E-state index in [1.54, 1.807) is 19.1 Å². The maximum atomic E-state index is 13.2. The highest BCUT2D eigenvalue weighted by molar-refractivity contribution is 7.92. The molecule has 0 aromatic heterocycles. The molecule has 0 saturated heterocycles. The highest BCUT2D eigenvalue weighted by atomic mass is 35.5. The Bertz CT molecular complexity index is 743. The molecule has 0 saturated carbocycles. The molecule has 0 spiro atoms. The van der Waals surface area contributed by atoms with Crippen LogP contribution >= 0.6 is 11.6 Å². The normalized spacial score (nSPS) is 11.3. The summed E-state index contributed by atoms with van der Waals surface area (Å²) >= 11 is 5.92. The molecule has 20 heavy (non-hydrogen) atoms. The number of benzene rings is 2. The Kier molecular flexibility index (Phi) is 3.87. The van der Waals surface area contributed by atoms with Crippen molar-refractivity contribution in [1.82, 2.24) is 0 Å². The summed E-state index contributed by atoms with van der Waals surface area (Å²) in [5.41, 5.74) is 6.59. The number of aryl methyl sites for hydroxylation is 1. The Hall–Kier alpha value is -1.79. The van der Waals surface area contributed by atoms with Crippen molar-refractivity contribution in [2.75, 3.05) is 10.5 Å². The van der Waals surface area contributed by atoms with Crippen LogP contribution in [0.3, 0.4) is 0 Å². The first kappa shape index (κ1) is 14.6. The fraction of sp³-hybridized carbons (Fsp3) is 0.0769. The molecule has 0 aliphatic heterocycles. The van der Waals surface area contributed by atoms with Gasteiger partial charge < -0.3 is 5.73 Å². The topological polar surface area (TPSA) is 72.2 Å². The SMILES string of the molecule is Cc1ccc(NS(=O)(=O)c2cc(N)cc(F)c2)cc1Cl. The first-order valence-corrected chi connectivity index (χ1v) is 7.49. The third-order valence-corrected chi connectivity index (χ3v) is 4.40. The van der Waals surface area contributed by atoms with Crippen molar-refractivity contribution in [2.24, 2.45) is 0 Å². The Morgan fingerprint density at radius 1 is 1.20 bits per heavy atom. The quantitative estimate of drug-likeness (QED) is 0.855. The molecule has 7 heteroatoms. The molecule has 2 aromatic rings. The van der Waals surface area contributed by atoms with E-state index in [0.717, 1.165) is 17.7 Å². The number of nitrogens with one attached hydrogen (secondary N) is 1. The zero-order valence-electron chi connectivity index (χ0n) is 10.5. The second-order valence-electron chi connectivity index (χ2n) is 4.29. The number of sulfonamides is 1. The van der Waals surface area contributed by atoms with Gasteiger partial charge in [0.25, 0.3) is 10.0 Å². The van der Waals surface area contributed by atoms with Crippen LogP contribution in [0.15, 0.2) is 41.3 Å². The van der Waals surface area contributed by atoms with E-state index < -0.39 is 15.8 Å². The van der Waals surface area contributed by atoms with Gasteiger partial charge in [-0.05, 0) is 42.8 Å². The van der Waals surface area contributed by atoms with E-state index in [1.807, 2.05) is 0 Å². The van der Waals surface area contributed by atoms with Crippen LogP contribution in [0.5, 0.6) is 0 Å². The van der Waals surface area contributed by atoms with Crippen molar-refractivity contribution < 1.29 is 12.8 Å². The fourth-order valence-electron chi connectivity index (χ4n) is 1.61. The second-order valence-corrected chi connectivity index (χ2v) is 6.38. The molecule has 0 amide bonds. The zero-order valence-corrected chi connectivity index (χ0v) is 12.1. The summed E-state index contributed by atoms with van der Waals surface area (Å²) in [7, 11) is -3.92. The monoisotopic (exact) mass is 314 g/mol. The summed E-state index contributed by atoms with van der Waals surface area (Å²) in [6.07, 6.45) is 0. The lowest BCUT2D eigenvalue weighted by Crippen LogP contribution is -2.13. The summed E-state index contributed by atoms with van der Waals surface area (Å²) in [6.45, 7) is 1.80. The van der Waals surface area contributed by atoms with Crippen molar-refractivity contribution in [1.29, 1.82) is 0 Å². The van der Waals surface area contributed by atoms with Crippen molar-refractivity contribution in [3.8, 4) is 0 Å². The first-order valence-electron chi connectivity index (χ1n) is 5.63. The Balaban J connectivity index is 2.37. The average molecular weight is 315 g/mol. The van der Waals surface area contributed by atoms with Crippen LogP contribution in [0.4, 0.5) is 15.8 Å². The molecule has 2 rings (SSSR count). The summed E-state index contributed by atoms with van der Waals surface area (Å²) in [4.78, 5) is -0.244. The smallest absolute Gasteiger partial charge is 0.262 e. The van der Waals surface area contributed by atoms with Gasteiger partial charge in [0.2, 0.25) is 0 Å². The van der Waals surface area contributed by atoms with Crippen molar-refractivity contribution in [3.63, 3.8) is 0 Å². The van der Waals surface area contributed by atoms with Crippen LogP contribution in [0.2, 0.25) is 5.02 Å². The molecule has 0 fully saturated rings. The van der Waals surface area contributed by atoms with E-state index in [2.05, 4.69) is 4.72 Å². The molecule has 106 valence electrons.